The Labute approximate surface area is 123 Å². The molecular weight excluding hydrogens is 321 g/mol. The summed E-state index contributed by atoms with van der Waals surface area (Å²) in [7, 11) is -7.78. The van der Waals surface area contributed by atoms with Crippen LogP contribution in [0.1, 0.15) is 13.3 Å². The van der Waals surface area contributed by atoms with Crippen LogP contribution in [0.2, 0.25) is 0 Å². The molecule has 118 valence electrons. The number of sulfonamides is 1. The Kier molecular flexibility index (Phi) is 4.39. The Hall–Kier alpha value is -1.03. The van der Waals surface area contributed by atoms with Gasteiger partial charge in [0.05, 0.1) is 17.0 Å². The van der Waals surface area contributed by atoms with Crippen LogP contribution in [0.4, 0.5) is 4.39 Å². The topological polar surface area (TPSA) is 89.5 Å². The van der Waals surface area contributed by atoms with Crippen LogP contribution in [-0.4, -0.2) is 41.8 Å². The summed E-state index contributed by atoms with van der Waals surface area (Å²) in [6.45, 7) is 2.13. The monoisotopic (exact) mass is 337 g/mol. The van der Waals surface area contributed by atoms with Gasteiger partial charge in [0.15, 0.2) is 9.84 Å². The molecule has 0 saturated carbocycles. The van der Waals surface area contributed by atoms with E-state index in [2.05, 4.69) is 4.72 Å². The molecule has 2 rings (SSSR count). The molecule has 6 nitrogen and oxygen atoms in total. The highest BCUT2D eigenvalue weighted by Crippen LogP contribution is 2.22. The van der Waals surface area contributed by atoms with E-state index < -0.39 is 36.6 Å². The summed E-state index contributed by atoms with van der Waals surface area (Å²) in [5.41, 5.74) is 0. The van der Waals surface area contributed by atoms with Gasteiger partial charge < -0.3 is 4.74 Å². The quantitative estimate of drug-likeness (QED) is 0.816. The fourth-order valence-electron chi connectivity index (χ4n) is 2.07. The highest BCUT2D eigenvalue weighted by molar-refractivity contribution is 7.91. The standard InChI is InChI=1S/C12H16FNO5S2/c1-8-11(5-6-19-8)14-21(17,18)12-7-9(20(2,15)16)3-4-10(12)13/h3-4,7-8,11,14H,5-6H2,1-2H3. The third kappa shape index (κ3) is 3.60. The van der Waals surface area contributed by atoms with Crippen LogP contribution in [0, 0.1) is 5.82 Å². The van der Waals surface area contributed by atoms with E-state index in [1.165, 1.54) is 0 Å². The molecule has 1 fully saturated rings. The van der Waals surface area contributed by atoms with Crippen LogP contribution in [0.25, 0.3) is 0 Å². The molecule has 1 aliphatic heterocycles. The Bertz CT molecular complexity index is 745. The van der Waals surface area contributed by atoms with E-state index in [0.29, 0.717) is 13.0 Å². The fourth-order valence-corrected chi connectivity index (χ4v) is 4.23. The summed E-state index contributed by atoms with van der Waals surface area (Å²) >= 11 is 0. The number of ether oxygens (including phenoxy) is 1. The number of nitrogens with one attached hydrogen (secondary N) is 1. The summed E-state index contributed by atoms with van der Waals surface area (Å²) in [6, 6.07) is 2.23. The van der Waals surface area contributed by atoms with Crippen molar-refractivity contribution in [2.24, 2.45) is 0 Å². The molecule has 1 aromatic rings. The molecular formula is C12H16FNO5S2. The number of halogens is 1. The lowest BCUT2D eigenvalue weighted by atomic mass is 10.2. The molecule has 9 heteroatoms. The molecule has 1 aliphatic rings. The van der Waals surface area contributed by atoms with Crippen molar-refractivity contribution < 1.29 is 26.0 Å². The molecule has 1 aromatic carbocycles. The van der Waals surface area contributed by atoms with Crippen LogP contribution in [0.3, 0.4) is 0 Å². The SMILES string of the molecule is CC1OCCC1NS(=O)(=O)c1cc(S(C)(=O)=O)ccc1F. The van der Waals surface area contributed by atoms with Crippen molar-refractivity contribution in [3.63, 3.8) is 0 Å². The summed E-state index contributed by atoms with van der Waals surface area (Å²) in [5, 5.41) is 0. The number of hydrogen-bond donors (Lipinski definition) is 1. The lowest BCUT2D eigenvalue weighted by Gasteiger charge is -2.16. The second kappa shape index (κ2) is 5.64. The Morgan fingerprint density at radius 1 is 1.29 bits per heavy atom. The van der Waals surface area contributed by atoms with Gasteiger partial charge in [-0.3, -0.25) is 0 Å². The molecule has 1 saturated heterocycles. The van der Waals surface area contributed by atoms with E-state index in [0.717, 1.165) is 24.5 Å². The van der Waals surface area contributed by atoms with Gasteiger partial charge in [0.1, 0.15) is 10.7 Å². The zero-order chi connectivity index (χ0) is 15.8. The average Bonchev–Trinajstić information content (AvgIpc) is 2.73. The molecule has 0 bridgehead atoms. The molecule has 0 aromatic heterocycles. The summed E-state index contributed by atoms with van der Waals surface area (Å²) < 4.78 is 68.8. The van der Waals surface area contributed by atoms with Crippen molar-refractivity contribution in [1.82, 2.24) is 4.72 Å². The largest absolute Gasteiger partial charge is 0.377 e. The second-order valence-electron chi connectivity index (χ2n) is 4.96. The van der Waals surface area contributed by atoms with Gasteiger partial charge >= 0.3 is 0 Å². The van der Waals surface area contributed by atoms with Crippen molar-refractivity contribution >= 4 is 19.9 Å². The zero-order valence-corrected chi connectivity index (χ0v) is 13.2. The molecule has 0 radical (unpaired) electrons. The van der Waals surface area contributed by atoms with Crippen molar-refractivity contribution in [2.45, 2.75) is 35.3 Å². The number of rotatable bonds is 4. The number of hydrogen-bond acceptors (Lipinski definition) is 5. The molecule has 2 unspecified atom stereocenters. The Balaban J connectivity index is 2.40. The van der Waals surface area contributed by atoms with Crippen LogP contribution in [-0.2, 0) is 24.6 Å². The van der Waals surface area contributed by atoms with Crippen molar-refractivity contribution in [1.29, 1.82) is 0 Å². The van der Waals surface area contributed by atoms with Crippen LogP contribution < -0.4 is 4.72 Å². The highest BCUT2D eigenvalue weighted by Gasteiger charge is 2.31. The fraction of sp³-hybridized carbons (Fsp3) is 0.500. The first kappa shape index (κ1) is 16.3. The lowest BCUT2D eigenvalue weighted by molar-refractivity contribution is 0.117. The molecule has 1 N–H and O–H groups in total. The van der Waals surface area contributed by atoms with Crippen LogP contribution in [0.15, 0.2) is 28.0 Å². The molecule has 1 heterocycles. The van der Waals surface area contributed by atoms with Gasteiger partial charge in [-0.1, -0.05) is 0 Å². The molecule has 2 atom stereocenters. The third-order valence-electron chi connectivity index (χ3n) is 3.30. The maximum absolute atomic E-state index is 13.8. The van der Waals surface area contributed by atoms with Crippen molar-refractivity contribution in [3.05, 3.63) is 24.0 Å². The van der Waals surface area contributed by atoms with Gasteiger partial charge in [-0.05, 0) is 31.5 Å². The predicted molar refractivity (Wildman–Crippen MR) is 73.7 cm³/mol. The van der Waals surface area contributed by atoms with Gasteiger partial charge in [-0.2, -0.15) is 0 Å². The number of sulfone groups is 1. The molecule has 0 aliphatic carbocycles. The molecule has 0 spiro atoms. The number of benzene rings is 1. The maximum atomic E-state index is 13.8. The van der Waals surface area contributed by atoms with E-state index in [1.807, 2.05) is 0 Å². The van der Waals surface area contributed by atoms with Gasteiger partial charge in [0.2, 0.25) is 10.0 Å². The van der Waals surface area contributed by atoms with Crippen molar-refractivity contribution in [3.8, 4) is 0 Å². The minimum atomic E-state index is -4.16. The lowest BCUT2D eigenvalue weighted by Crippen LogP contribution is -2.39. The predicted octanol–water partition coefficient (Wildman–Crippen LogP) is 0.685. The maximum Gasteiger partial charge on any atom is 0.243 e. The van der Waals surface area contributed by atoms with E-state index in [-0.39, 0.29) is 11.0 Å². The van der Waals surface area contributed by atoms with Crippen LogP contribution in [0.5, 0.6) is 0 Å². The van der Waals surface area contributed by atoms with Gasteiger partial charge in [-0.25, -0.2) is 25.9 Å². The first-order valence-electron chi connectivity index (χ1n) is 6.25. The van der Waals surface area contributed by atoms with E-state index in [9.17, 15) is 21.2 Å². The minimum Gasteiger partial charge on any atom is -0.377 e. The van der Waals surface area contributed by atoms with Crippen molar-refractivity contribution in [2.75, 3.05) is 12.9 Å². The Morgan fingerprint density at radius 2 is 1.95 bits per heavy atom. The van der Waals surface area contributed by atoms with Gasteiger partial charge in [0.25, 0.3) is 0 Å². The second-order valence-corrected chi connectivity index (χ2v) is 8.65. The summed E-state index contributed by atoms with van der Waals surface area (Å²) in [4.78, 5) is -0.926. The van der Waals surface area contributed by atoms with E-state index in [4.69, 9.17) is 4.74 Å². The average molecular weight is 337 g/mol. The zero-order valence-electron chi connectivity index (χ0n) is 11.5. The first-order valence-corrected chi connectivity index (χ1v) is 9.62. The first-order chi connectivity index (χ1) is 9.61. The summed E-state index contributed by atoms with van der Waals surface area (Å²) in [5.74, 6) is -0.999. The highest BCUT2D eigenvalue weighted by atomic mass is 32.2. The third-order valence-corrected chi connectivity index (χ3v) is 5.92. The summed E-state index contributed by atoms with van der Waals surface area (Å²) in [6.07, 6.45) is 1.09. The van der Waals surface area contributed by atoms with E-state index >= 15 is 0 Å². The minimum absolute atomic E-state index is 0.250. The molecule has 21 heavy (non-hydrogen) atoms. The normalized spacial score (nSPS) is 23.4. The Morgan fingerprint density at radius 3 is 2.48 bits per heavy atom. The van der Waals surface area contributed by atoms with Gasteiger partial charge in [-0.15, -0.1) is 0 Å². The smallest absolute Gasteiger partial charge is 0.243 e. The van der Waals surface area contributed by atoms with E-state index in [1.54, 1.807) is 6.92 Å². The van der Waals surface area contributed by atoms with Crippen LogP contribution >= 0.6 is 0 Å². The van der Waals surface area contributed by atoms with Gasteiger partial charge in [0, 0.05) is 12.9 Å². The molecule has 0 amide bonds.